The van der Waals surface area contributed by atoms with Crippen molar-refractivity contribution in [2.45, 2.75) is 43.0 Å². The molecule has 0 fully saturated rings. The summed E-state index contributed by atoms with van der Waals surface area (Å²) in [6.07, 6.45) is 5.87. The molecule has 3 heterocycles. The van der Waals surface area contributed by atoms with Gasteiger partial charge in [-0.1, -0.05) is 30.3 Å². The molecule has 3 aromatic heterocycles. The van der Waals surface area contributed by atoms with Crippen LogP contribution in [0.4, 0.5) is 10.2 Å². The Morgan fingerprint density at radius 1 is 1.13 bits per heavy atom. The fourth-order valence-electron chi connectivity index (χ4n) is 3.92. The number of hydrogen-bond donors (Lipinski definition) is 1. The smallest absolute Gasteiger partial charge is 0.191 e. The molecule has 30 heavy (non-hydrogen) atoms. The van der Waals surface area contributed by atoms with E-state index in [2.05, 4.69) is 15.2 Å². The van der Waals surface area contributed by atoms with E-state index in [0.29, 0.717) is 33.9 Å². The lowest BCUT2D eigenvalue weighted by Crippen LogP contribution is -2.01. The van der Waals surface area contributed by atoms with Gasteiger partial charge in [0, 0.05) is 11.9 Å². The van der Waals surface area contributed by atoms with Crippen LogP contribution in [0.1, 0.15) is 35.5 Å². The van der Waals surface area contributed by atoms with Gasteiger partial charge in [-0.15, -0.1) is 21.5 Å². The van der Waals surface area contributed by atoms with Gasteiger partial charge in [0.05, 0.1) is 16.7 Å². The number of hydrogen-bond acceptors (Lipinski definition) is 7. The fraction of sp³-hybridized carbons (Fsp3) is 0.333. The third-order valence-electron chi connectivity index (χ3n) is 5.42. The van der Waals surface area contributed by atoms with Crippen molar-refractivity contribution in [3.63, 3.8) is 0 Å². The quantitative estimate of drug-likeness (QED) is 0.364. The number of thioether (sulfide) groups is 1. The SMILES string of the molecule is Cn1c(SCc2nc(N)c3c4c(sc3n2)CCCCC4)nnc1-c1ccccc1F. The molecule has 0 saturated heterocycles. The van der Waals surface area contributed by atoms with Crippen molar-refractivity contribution in [2.24, 2.45) is 7.05 Å². The minimum absolute atomic E-state index is 0.316. The first-order valence-corrected chi connectivity index (χ1v) is 11.8. The molecule has 0 amide bonds. The maximum absolute atomic E-state index is 14.1. The lowest BCUT2D eigenvalue weighted by molar-refractivity contribution is 0.628. The largest absolute Gasteiger partial charge is 0.383 e. The number of benzene rings is 1. The van der Waals surface area contributed by atoms with E-state index >= 15 is 0 Å². The highest BCUT2D eigenvalue weighted by Crippen LogP contribution is 2.37. The van der Waals surface area contributed by atoms with E-state index in [4.69, 9.17) is 10.7 Å². The van der Waals surface area contributed by atoms with Gasteiger partial charge in [-0.3, -0.25) is 0 Å². The number of nitrogens with zero attached hydrogens (tertiary/aromatic N) is 5. The number of aromatic nitrogens is 5. The second-order valence-corrected chi connectivity index (χ2v) is 9.43. The Morgan fingerprint density at radius 2 is 1.97 bits per heavy atom. The van der Waals surface area contributed by atoms with Crippen LogP contribution in [0.5, 0.6) is 0 Å². The molecule has 4 aromatic rings. The van der Waals surface area contributed by atoms with E-state index in [1.165, 1.54) is 47.5 Å². The van der Waals surface area contributed by atoms with Crippen molar-refractivity contribution in [1.29, 1.82) is 0 Å². The maximum atomic E-state index is 14.1. The topological polar surface area (TPSA) is 82.5 Å². The molecule has 0 bridgehead atoms. The number of fused-ring (bicyclic) bond motifs is 3. The second-order valence-electron chi connectivity index (χ2n) is 7.40. The Morgan fingerprint density at radius 3 is 2.83 bits per heavy atom. The second kappa shape index (κ2) is 7.96. The number of nitrogen functional groups attached to an aromatic ring is 1. The highest BCUT2D eigenvalue weighted by molar-refractivity contribution is 7.98. The van der Waals surface area contributed by atoms with Crippen molar-refractivity contribution in [1.82, 2.24) is 24.7 Å². The van der Waals surface area contributed by atoms with Crippen LogP contribution >= 0.6 is 23.1 Å². The summed E-state index contributed by atoms with van der Waals surface area (Å²) in [7, 11) is 1.83. The van der Waals surface area contributed by atoms with Gasteiger partial charge in [0.2, 0.25) is 0 Å². The summed E-state index contributed by atoms with van der Waals surface area (Å²) in [5.74, 6) is 1.94. The predicted molar refractivity (Wildman–Crippen MR) is 119 cm³/mol. The molecule has 1 aromatic carbocycles. The van der Waals surface area contributed by atoms with Gasteiger partial charge < -0.3 is 10.3 Å². The maximum Gasteiger partial charge on any atom is 0.191 e. The Kier molecular flexibility index (Phi) is 5.16. The molecule has 0 aliphatic heterocycles. The number of thiophene rings is 1. The molecule has 0 saturated carbocycles. The average molecular weight is 441 g/mol. The van der Waals surface area contributed by atoms with Gasteiger partial charge in [-0.2, -0.15) is 0 Å². The molecule has 6 nitrogen and oxygen atoms in total. The first kappa shape index (κ1) is 19.4. The van der Waals surface area contributed by atoms with Crippen LogP contribution in [0.3, 0.4) is 0 Å². The molecular weight excluding hydrogens is 419 g/mol. The zero-order valence-corrected chi connectivity index (χ0v) is 18.2. The molecule has 9 heteroatoms. The van der Waals surface area contributed by atoms with Gasteiger partial charge in [0.1, 0.15) is 22.3 Å². The van der Waals surface area contributed by atoms with Gasteiger partial charge in [-0.25, -0.2) is 14.4 Å². The van der Waals surface area contributed by atoms with Crippen LogP contribution in [0.25, 0.3) is 21.6 Å². The van der Waals surface area contributed by atoms with E-state index in [-0.39, 0.29) is 5.82 Å². The predicted octanol–water partition coefficient (Wildman–Crippen LogP) is 4.77. The van der Waals surface area contributed by atoms with Gasteiger partial charge in [0.25, 0.3) is 0 Å². The number of aryl methyl sites for hydroxylation is 2. The monoisotopic (exact) mass is 440 g/mol. The van der Waals surface area contributed by atoms with E-state index in [9.17, 15) is 4.39 Å². The number of nitrogens with two attached hydrogens (primary N) is 1. The van der Waals surface area contributed by atoms with Crippen molar-refractivity contribution in [2.75, 3.05) is 5.73 Å². The molecule has 154 valence electrons. The molecule has 0 spiro atoms. The summed E-state index contributed by atoms with van der Waals surface area (Å²) in [6, 6.07) is 6.57. The molecule has 0 unspecified atom stereocenters. The summed E-state index contributed by atoms with van der Waals surface area (Å²) in [6.45, 7) is 0. The lowest BCUT2D eigenvalue weighted by Gasteiger charge is -2.06. The average Bonchev–Trinajstić information content (AvgIpc) is 3.18. The van der Waals surface area contributed by atoms with E-state index in [1.54, 1.807) is 34.1 Å². The van der Waals surface area contributed by atoms with Gasteiger partial charge in [-0.05, 0) is 43.4 Å². The van der Waals surface area contributed by atoms with E-state index in [0.717, 1.165) is 23.1 Å². The lowest BCUT2D eigenvalue weighted by atomic mass is 10.1. The molecule has 2 N–H and O–H groups in total. The Hall–Kier alpha value is -2.52. The van der Waals surface area contributed by atoms with E-state index < -0.39 is 0 Å². The van der Waals surface area contributed by atoms with Crippen LogP contribution in [-0.2, 0) is 25.6 Å². The number of rotatable bonds is 4. The Balaban J connectivity index is 1.40. The standard InChI is InChI=1S/C21H21FN6S2/c1-28-19(12-7-5-6-9-14(12)22)26-27-21(28)29-11-16-24-18(23)17-13-8-3-2-4-10-15(13)30-20(17)25-16/h5-7,9H,2-4,8,10-11H2,1H3,(H2,23,24,25). The molecule has 0 radical (unpaired) electrons. The van der Waals surface area contributed by atoms with Crippen molar-refractivity contribution in [3.05, 3.63) is 46.3 Å². The molecule has 5 rings (SSSR count). The Labute approximate surface area is 181 Å². The number of halogens is 1. The fourth-order valence-corrected chi connectivity index (χ4v) is 5.97. The van der Waals surface area contributed by atoms with Crippen LogP contribution in [0.15, 0.2) is 29.4 Å². The summed E-state index contributed by atoms with van der Waals surface area (Å²) in [5.41, 5.74) is 8.13. The highest BCUT2D eigenvalue weighted by atomic mass is 32.2. The zero-order chi connectivity index (χ0) is 20.7. The van der Waals surface area contributed by atoms with Gasteiger partial charge in [0.15, 0.2) is 11.0 Å². The third kappa shape index (κ3) is 3.45. The van der Waals surface area contributed by atoms with E-state index in [1.807, 2.05) is 7.05 Å². The molecular formula is C21H21FN6S2. The molecule has 0 atom stereocenters. The minimum Gasteiger partial charge on any atom is -0.383 e. The summed E-state index contributed by atoms with van der Waals surface area (Å²) in [4.78, 5) is 11.8. The summed E-state index contributed by atoms with van der Waals surface area (Å²) < 4.78 is 15.9. The Bertz CT molecular complexity index is 1230. The van der Waals surface area contributed by atoms with Crippen LogP contribution in [0.2, 0.25) is 0 Å². The zero-order valence-electron chi connectivity index (χ0n) is 16.6. The summed E-state index contributed by atoms with van der Waals surface area (Å²) >= 11 is 3.22. The van der Waals surface area contributed by atoms with Crippen molar-refractivity contribution in [3.8, 4) is 11.4 Å². The first-order valence-electron chi connectivity index (χ1n) is 9.95. The normalized spacial score (nSPS) is 14.1. The minimum atomic E-state index is -0.316. The van der Waals surface area contributed by atoms with Crippen LogP contribution < -0.4 is 5.73 Å². The van der Waals surface area contributed by atoms with Crippen LogP contribution in [0, 0.1) is 5.82 Å². The summed E-state index contributed by atoms with van der Waals surface area (Å²) in [5, 5.41) is 10.1. The van der Waals surface area contributed by atoms with Gasteiger partial charge >= 0.3 is 0 Å². The van der Waals surface area contributed by atoms with Crippen molar-refractivity contribution < 1.29 is 4.39 Å². The first-order chi connectivity index (χ1) is 14.6. The van der Waals surface area contributed by atoms with Crippen LogP contribution in [-0.4, -0.2) is 24.7 Å². The third-order valence-corrected chi connectivity index (χ3v) is 7.62. The van der Waals surface area contributed by atoms with Crippen molar-refractivity contribution >= 4 is 39.1 Å². The molecule has 1 aliphatic rings. The highest BCUT2D eigenvalue weighted by Gasteiger charge is 2.20. The number of anilines is 1. The molecule has 1 aliphatic carbocycles.